The van der Waals surface area contributed by atoms with Crippen molar-refractivity contribution in [3.8, 4) is 11.5 Å². The van der Waals surface area contributed by atoms with E-state index in [9.17, 15) is 27.6 Å². The van der Waals surface area contributed by atoms with Gasteiger partial charge in [0.2, 0.25) is 12.7 Å². The predicted molar refractivity (Wildman–Crippen MR) is 136 cm³/mol. The Morgan fingerprint density at radius 1 is 1.13 bits per heavy atom. The van der Waals surface area contributed by atoms with Crippen LogP contribution < -0.4 is 14.8 Å². The molecule has 1 aromatic heterocycles. The molecular formula is C26H28N4O8S. The standard InChI is InChI=1S/C26H28N4O8S/c1-15(2)10-18(28-24(32)16-5-6-21-22(11-16)38-14-37-21)25(33)29-9-7-19-23(29)20(31)13-30(19)39(35,36)26(34)17-4-3-8-27-12-17/h3-6,8,11-12,15,18-19,23H,7,9-10,13-14H2,1-2H3,(H,28,32). The SMILES string of the molecule is CC(C)CC(NC(=O)c1ccc2c(c1)OCO2)C(=O)N1CCC2C1C(=O)CN2S(=O)(=O)C(=O)c1cccnc1. The van der Waals surface area contributed by atoms with Gasteiger partial charge in [-0.25, -0.2) is 8.42 Å². The number of benzene rings is 1. The van der Waals surface area contributed by atoms with Gasteiger partial charge in [0.15, 0.2) is 17.3 Å². The Morgan fingerprint density at radius 2 is 1.90 bits per heavy atom. The zero-order chi connectivity index (χ0) is 27.9. The van der Waals surface area contributed by atoms with E-state index in [-0.39, 0.29) is 36.8 Å². The number of ketones is 1. The zero-order valence-electron chi connectivity index (χ0n) is 21.4. The number of fused-ring (bicyclic) bond motifs is 2. The molecule has 12 nitrogen and oxygen atoms in total. The van der Waals surface area contributed by atoms with E-state index < -0.39 is 57.4 Å². The Hall–Kier alpha value is -3.84. The lowest BCUT2D eigenvalue weighted by Crippen LogP contribution is -2.53. The number of hydrogen-bond donors (Lipinski definition) is 1. The molecule has 3 unspecified atom stereocenters. The minimum atomic E-state index is -4.52. The molecule has 0 spiro atoms. The monoisotopic (exact) mass is 556 g/mol. The van der Waals surface area contributed by atoms with Crippen molar-refractivity contribution in [2.75, 3.05) is 19.9 Å². The number of pyridine rings is 1. The van der Waals surface area contributed by atoms with Crippen LogP contribution in [0.5, 0.6) is 11.5 Å². The van der Waals surface area contributed by atoms with Gasteiger partial charge in [0, 0.05) is 24.5 Å². The topological polar surface area (TPSA) is 152 Å². The van der Waals surface area contributed by atoms with Gasteiger partial charge in [-0.3, -0.25) is 24.2 Å². The summed E-state index contributed by atoms with van der Waals surface area (Å²) in [6.07, 6.45) is 3.06. The highest BCUT2D eigenvalue weighted by atomic mass is 32.2. The van der Waals surface area contributed by atoms with Crippen LogP contribution in [0, 0.1) is 5.92 Å². The smallest absolute Gasteiger partial charge is 0.293 e. The predicted octanol–water partition coefficient (Wildman–Crippen LogP) is 0.979. The van der Waals surface area contributed by atoms with Crippen molar-refractivity contribution in [2.45, 2.75) is 44.8 Å². The second-order valence-corrected chi connectivity index (χ2v) is 11.9. The first kappa shape index (κ1) is 26.8. The highest BCUT2D eigenvalue weighted by Gasteiger charge is 2.55. The molecule has 5 rings (SSSR count). The van der Waals surface area contributed by atoms with Crippen molar-refractivity contribution in [1.29, 1.82) is 0 Å². The number of carbonyl (C=O) groups is 4. The van der Waals surface area contributed by atoms with Gasteiger partial charge in [-0.2, -0.15) is 4.31 Å². The van der Waals surface area contributed by atoms with Gasteiger partial charge in [-0.05, 0) is 49.1 Å². The van der Waals surface area contributed by atoms with Crippen LogP contribution >= 0.6 is 0 Å². The second kappa shape index (κ2) is 10.4. The first-order valence-electron chi connectivity index (χ1n) is 12.6. The summed E-state index contributed by atoms with van der Waals surface area (Å²) in [7, 11) is -4.52. The summed E-state index contributed by atoms with van der Waals surface area (Å²) < 4.78 is 37.9. The van der Waals surface area contributed by atoms with Crippen molar-refractivity contribution in [3.05, 3.63) is 53.9 Å². The molecule has 13 heteroatoms. The molecule has 3 atom stereocenters. The number of carbonyl (C=O) groups excluding carboxylic acids is 4. The third-order valence-electron chi connectivity index (χ3n) is 7.05. The lowest BCUT2D eigenvalue weighted by Gasteiger charge is -2.29. The van der Waals surface area contributed by atoms with E-state index in [2.05, 4.69) is 10.3 Å². The quantitative estimate of drug-likeness (QED) is 0.526. The highest BCUT2D eigenvalue weighted by Crippen LogP contribution is 2.34. The average molecular weight is 557 g/mol. The first-order chi connectivity index (χ1) is 18.6. The van der Waals surface area contributed by atoms with E-state index in [1.54, 1.807) is 12.1 Å². The van der Waals surface area contributed by atoms with E-state index in [1.807, 2.05) is 13.8 Å². The molecule has 2 fully saturated rings. The third-order valence-corrected chi connectivity index (χ3v) is 8.77. The van der Waals surface area contributed by atoms with E-state index in [0.29, 0.717) is 17.9 Å². The molecule has 0 aliphatic carbocycles. The molecular weight excluding hydrogens is 528 g/mol. The normalized spacial score (nSPS) is 21.2. The largest absolute Gasteiger partial charge is 0.454 e. The molecule has 0 radical (unpaired) electrons. The van der Waals surface area contributed by atoms with Gasteiger partial charge in [0.05, 0.1) is 18.2 Å². The summed E-state index contributed by atoms with van der Waals surface area (Å²) in [5.74, 6) is -0.466. The van der Waals surface area contributed by atoms with Crippen LogP contribution in [0.4, 0.5) is 0 Å². The number of sulfonamides is 1. The fourth-order valence-electron chi connectivity index (χ4n) is 5.25. The fraction of sp³-hybridized carbons (Fsp3) is 0.423. The third kappa shape index (κ3) is 4.99. The summed E-state index contributed by atoms with van der Waals surface area (Å²) in [5, 5.41) is 1.63. The van der Waals surface area contributed by atoms with Crippen LogP contribution in [0.25, 0.3) is 0 Å². The molecule has 206 valence electrons. The van der Waals surface area contributed by atoms with Crippen molar-refractivity contribution >= 4 is 32.7 Å². The Kier molecular flexibility index (Phi) is 7.12. The van der Waals surface area contributed by atoms with Crippen LogP contribution in [0.2, 0.25) is 0 Å². The molecule has 0 bridgehead atoms. The van der Waals surface area contributed by atoms with E-state index in [4.69, 9.17) is 9.47 Å². The molecule has 1 aromatic carbocycles. The number of hydrogen-bond acceptors (Lipinski definition) is 9. The maximum Gasteiger partial charge on any atom is 0.293 e. The summed E-state index contributed by atoms with van der Waals surface area (Å²) >= 11 is 0. The molecule has 4 heterocycles. The number of likely N-dealkylation sites (tertiary alicyclic amines) is 1. The van der Waals surface area contributed by atoms with Crippen molar-refractivity contribution in [1.82, 2.24) is 19.5 Å². The lowest BCUT2D eigenvalue weighted by atomic mass is 10.0. The van der Waals surface area contributed by atoms with Crippen molar-refractivity contribution in [2.24, 2.45) is 5.92 Å². The van der Waals surface area contributed by atoms with Crippen LogP contribution in [0.1, 0.15) is 47.4 Å². The number of nitrogens with one attached hydrogen (secondary N) is 1. The molecule has 2 amide bonds. The lowest BCUT2D eigenvalue weighted by molar-refractivity contribution is -0.138. The van der Waals surface area contributed by atoms with Crippen LogP contribution in [0.15, 0.2) is 42.7 Å². The van der Waals surface area contributed by atoms with Gasteiger partial charge in [0.25, 0.3) is 21.0 Å². The molecule has 0 saturated carbocycles. The average Bonchev–Trinajstić information content (AvgIpc) is 3.64. The minimum absolute atomic E-state index is 0.0302. The van der Waals surface area contributed by atoms with Crippen LogP contribution in [-0.2, 0) is 19.6 Å². The molecule has 39 heavy (non-hydrogen) atoms. The number of rotatable bonds is 7. The number of Topliss-reactive ketones (excluding diaryl/α,β-unsaturated/α-hetero) is 1. The van der Waals surface area contributed by atoms with Gasteiger partial charge >= 0.3 is 0 Å². The molecule has 1 N–H and O–H groups in total. The van der Waals surface area contributed by atoms with Gasteiger partial charge in [0.1, 0.15) is 12.1 Å². The van der Waals surface area contributed by atoms with Gasteiger partial charge in [-0.1, -0.05) is 13.8 Å². The summed E-state index contributed by atoms with van der Waals surface area (Å²) in [6, 6.07) is 4.65. The maximum absolute atomic E-state index is 13.7. The Bertz CT molecular complexity index is 1430. The first-order valence-corrected chi connectivity index (χ1v) is 14.0. The minimum Gasteiger partial charge on any atom is -0.454 e. The molecule has 2 aromatic rings. The Morgan fingerprint density at radius 3 is 2.62 bits per heavy atom. The van der Waals surface area contributed by atoms with E-state index >= 15 is 0 Å². The fourth-order valence-corrected chi connectivity index (χ4v) is 6.76. The zero-order valence-corrected chi connectivity index (χ0v) is 22.2. The maximum atomic E-state index is 13.7. The van der Waals surface area contributed by atoms with Gasteiger partial charge < -0.3 is 19.7 Å². The van der Waals surface area contributed by atoms with E-state index in [0.717, 1.165) is 10.5 Å². The molecule has 3 aliphatic rings. The summed E-state index contributed by atoms with van der Waals surface area (Å²) in [4.78, 5) is 57.7. The van der Waals surface area contributed by atoms with E-state index in [1.165, 1.54) is 29.3 Å². The van der Waals surface area contributed by atoms with Gasteiger partial charge in [-0.15, -0.1) is 0 Å². The van der Waals surface area contributed by atoms with Crippen LogP contribution in [0.3, 0.4) is 0 Å². The number of ether oxygens (including phenoxy) is 2. The number of aromatic nitrogens is 1. The Labute approximate surface area is 225 Å². The second-order valence-electron chi connectivity index (χ2n) is 10.1. The number of nitrogens with zero attached hydrogens (tertiary/aromatic N) is 3. The summed E-state index contributed by atoms with van der Waals surface area (Å²) in [6.45, 7) is 3.46. The molecule has 3 aliphatic heterocycles. The highest BCUT2D eigenvalue weighted by molar-refractivity contribution is 8.04. The van der Waals surface area contributed by atoms with Crippen molar-refractivity contribution < 1.29 is 37.1 Å². The Balaban J connectivity index is 1.34. The number of amides is 2. The molecule has 2 saturated heterocycles. The van der Waals surface area contributed by atoms with Crippen molar-refractivity contribution in [3.63, 3.8) is 0 Å². The summed E-state index contributed by atoms with van der Waals surface area (Å²) in [5.41, 5.74) is 0.172. The van der Waals surface area contributed by atoms with Crippen LogP contribution in [-0.4, -0.2) is 83.3 Å².